The fourth-order valence-corrected chi connectivity index (χ4v) is 1.55. The Kier molecular flexibility index (Phi) is 1.91. The Hall–Kier alpha value is -1.25. The summed E-state index contributed by atoms with van der Waals surface area (Å²) in [5, 5.41) is 0. The first-order chi connectivity index (χ1) is 6.54. The summed E-state index contributed by atoms with van der Waals surface area (Å²) in [7, 11) is 0. The van der Waals surface area contributed by atoms with E-state index in [4.69, 9.17) is 0 Å². The Morgan fingerprint density at radius 1 is 0.857 bits per heavy atom. The van der Waals surface area contributed by atoms with E-state index >= 15 is 0 Å². The van der Waals surface area contributed by atoms with E-state index < -0.39 is 17.5 Å². The summed E-state index contributed by atoms with van der Waals surface area (Å²) in [4.78, 5) is 0. The standard InChI is InChI=1S/C11H9F3/c1-5-8(7-3-4-7)9(12)6(2)11(14)10(5)13/h3-4,7H,1-2H3. The SMILES string of the molecule is Cc1c(F)c(F)c(C)c(C2C=C2)c1F. The molecule has 0 saturated carbocycles. The van der Waals surface area contributed by atoms with Gasteiger partial charge >= 0.3 is 0 Å². The molecule has 0 amide bonds. The molecule has 0 N–H and O–H groups in total. The van der Waals surface area contributed by atoms with Gasteiger partial charge in [-0.25, -0.2) is 13.2 Å². The maximum atomic E-state index is 13.5. The normalized spacial score (nSPS) is 14.9. The zero-order valence-electron chi connectivity index (χ0n) is 7.87. The van der Waals surface area contributed by atoms with Gasteiger partial charge in [-0.05, 0) is 19.4 Å². The van der Waals surface area contributed by atoms with Crippen LogP contribution >= 0.6 is 0 Å². The number of hydrogen-bond donors (Lipinski definition) is 0. The van der Waals surface area contributed by atoms with E-state index in [1.807, 2.05) is 0 Å². The Morgan fingerprint density at radius 3 is 1.86 bits per heavy atom. The van der Waals surface area contributed by atoms with Crippen molar-refractivity contribution in [1.82, 2.24) is 0 Å². The molecule has 0 radical (unpaired) electrons. The Morgan fingerprint density at radius 2 is 1.36 bits per heavy atom. The molecule has 0 aliphatic heterocycles. The van der Waals surface area contributed by atoms with Gasteiger partial charge in [-0.3, -0.25) is 0 Å². The molecule has 14 heavy (non-hydrogen) atoms. The van der Waals surface area contributed by atoms with Gasteiger partial charge in [0.25, 0.3) is 0 Å². The monoisotopic (exact) mass is 198 g/mol. The highest BCUT2D eigenvalue weighted by Gasteiger charge is 2.26. The van der Waals surface area contributed by atoms with E-state index in [1.54, 1.807) is 12.2 Å². The quantitative estimate of drug-likeness (QED) is 0.479. The molecule has 0 nitrogen and oxygen atoms in total. The molecule has 0 spiro atoms. The van der Waals surface area contributed by atoms with E-state index in [2.05, 4.69) is 0 Å². The number of halogens is 3. The van der Waals surface area contributed by atoms with Crippen LogP contribution in [-0.2, 0) is 0 Å². The van der Waals surface area contributed by atoms with E-state index in [-0.39, 0.29) is 22.6 Å². The van der Waals surface area contributed by atoms with Crippen LogP contribution in [0.4, 0.5) is 13.2 Å². The topological polar surface area (TPSA) is 0 Å². The molecule has 1 aliphatic carbocycles. The Labute approximate surface area is 80.1 Å². The van der Waals surface area contributed by atoms with Crippen molar-refractivity contribution in [2.45, 2.75) is 19.8 Å². The van der Waals surface area contributed by atoms with Gasteiger partial charge in [0.2, 0.25) is 0 Å². The zero-order valence-corrected chi connectivity index (χ0v) is 7.87. The number of benzene rings is 1. The molecule has 3 heteroatoms. The minimum Gasteiger partial charge on any atom is -0.206 e. The molecule has 0 heterocycles. The Balaban J connectivity index is 2.70. The van der Waals surface area contributed by atoms with Gasteiger partial charge < -0.3 is 0 Å². The van der Waals surface area contributed by atoms with Crippen molar-refractivity contribution in [3.8, 4) is 0 Å². The van der Waals surface area contributed by atoms with Gasteiger partial charge in [-0.2, -0.15) is 0 Å². The molecule has 0 aromatic heterocycles. The van der Waals surface area contributed by atoms with E-state index in [9.17, 15) is 13.2 Å². The van der Waals surface area contributed by atoms with Crippen LogP contribution in [0.15, 0.2) is 12.2 Å². The third-order valence-corrected chi connectivity index (χ3v) is 2.54. The molecular weight excluding hydrogens is 189 g/mol. The molecule has 0 saturated heterocycles. The molecule has 1 aromatic carbocycles. The van der Waals surface area contributed by atoms with Crippen LogP contribution < -0.4 is 0 Å². The van der Waals surface area contributed by atoms with Gasteiger partial charge in [0.05, 0.1) is 0 Å². The van der Waals surface area contributed by atoms with E-state index in [1.165, 1.54) is 13.8 Å². The van der Waals surface area contributed by atoms with Crippen LogP contribution in [0.2, 0.25) is 0 Å². The van der Waals surface area contributed by atoms with Gasteiger partial charge in [0, 0.05) is 17.0 Å². The second kappa shape index (κ2) is 2.87. The molecule has 1 aromatic rings. The summed E-state index contributed by atoms with van der Waals surface area (Å²) in [5.41, 5.74) is 0.0961. The second-order valence-corrected chi connectivity index (χ2v) is 3.52. The highest BCUT2D eigenvalue weighted by atomic mass is 19.2. The first kappa shape index (κ1) is 9.31. The van der Waals surface area contributed by atoms with Crippen molar-refractivity contribution in [2.24, 2.45) is 0 Å². The van der Waals surface area contributed by atoms with Gasteiger partial charge in [0.15, 0.2) is 11.6 Å². The lowest BCUT2D eigenvalue weighted by atomic mass is 9.98. The third kappa shape index (κ3) is 1.15. The molecule has 0 atom stereocenters. The number of allylic oxidation sites excluding steroid dienone is 2. The molecular formula is C11H9F3. The maximum Gasteiger partial charge on any atom is 0.164 e. The lowest BCUT2D eigenvalue weighted by molar-refractivity contribution is 0.475. The van der Waals surface area contributed by atoms with Crippen molar-refractivity contribution >= 4 is 0 Å². The highest BCUT2D eigenvalue weighted by molar-refractivity contribution is 5.46. The van der Waals surface area contributed by atoms with Gasteiger partial charge in [-0.15, -0.1) is 0 Å². The number of hydrogen-bond acceptors (Lipinski definition) is 0. The lowest BCUT2D eigenvalue weighted by Gasteiger charge is -2.11. The second-order valence-electron chi connectivity index (χ2n) is 3.52. The molecule has 2 rings (SSSR count). The summed E-state index contributed by atoms with van der Waals surface area (Å²) in [6.45, 7) is 2.65. The fourth-order valence-electron chi connectivity index (χ4n) is 1.55. The summed E-state index contributed by atoms with van der Waals surface area (Å²) in [6, 6.07) is 0. The molecule has 74 valence electrons. The van der Waals surface area contributed by atoms with Crippen LogP contribution in [0.25, 0.3) is 0 Å². The van der Waals surface area contributed by atoms with Crippen LogP contribution in [0.5, 0.6) is 0 Å². The van der Waals surface area contributed by atoms with Crippen molar-refractivity contribution in [2.75, 3.05) is 0 Å². The highest BCUT2D eigenvalue weighted by Crippen LogP contribution is 2.37. The fraction of sp³-hybridized carbons (Fsp3) is 0.273. The van der Waals surface area contributed by atoms with Gasteiger partial charge in [-0.1, -0.05) is 12.2 Å². The van der Waals surface area contributed by atoms with Crippen molar-refractivity contribution in [3.63, 3.8) is 0 Å². The Bertz CT molecular complexity index is 398. The molecule has 0 bridgehead atoms. The predicted molar refractivity (Wildman–Crippen MR) is 47.7 cm³/mol. The van der Waals surface area contributed by atoms with Crippen molar-refractivity contribution in [3.05, 3.63) is 46.3 Å². The number of rotatable bonds is 1. The molecule has 0 unspecified atom stereocenters. The third-order valence-electron chi connectivity index (χ3n) is 2.54. The van der Waals surface area contributed by atoms with Crippen molar-refractivity contribution in [1.29, 1.82) is 0 Å². The van der Waals surface area contributed by atoms with Crippen LogP contribution in [0, 0.1) is 31.3 Å². The first-order valence-corrected chi connectivity index (χ1v) is 4.36. The van der Waals surface area contributed by atoms with Crippen molar-refractivity contribution < 1.29 is 13.2 Å². The maximum absolute atomic E-state index is 13.5. The predicted octanol–water partition coefficient (Wildman–Crippen LogP) is 3.37. The summed E-state index contributed by atoms with van der Waals surface area (Å²) in [6.07, 6.45) is 3.50. The molecule has 1 aliphatic rings. The largest absolute Gasteiger partial charge is 0.206 e. The van der Waals surface area contributed by atoms with Gasteiger partial charge in [0.1, 0.15) is 5.82 Å². The van der Waals surface area contributed by atoms with E-state index in [0.717, 1.165) is 0 Å². The minimum atomic E-state index is -1.08. The lowest BCUT2D eigenvalue weighted by Crippen LogP contribution is -2.04. The zero-order chi connectivity index (χ0) is 10.5. The summed E-state index contributed by atoms with van der Waals surface area (Å²) >= 11 is 0. The molecule has 0 fully saturated rings. The average Bonchev–Trinajstić information content (AvgIpc) is 2.96. The average molecular weight is 198 g/mol. The van der Waals surface area contributed by atoms with E-state index in [0.29, 0.717) is 0 Å². The summed E-state index contributed by atoms with van der Waals surface area (Å²) < 4.78 is 39.9. The first-order valence-electron chi connectivity index (χ1n) is 4.36. The van der Waals surface area contributed by atoms with Crippen LogP contribution in [0.1, 0.15) is 22.6 Å². The smallest absolute Gasteiger partial charge is 0.164 e. The van der Waals surface area contributed by atoms with Crippen LogP contribution in [-0.4, -0.2) is 0 Å². The summed E-state index contributed by atoms with van der Waals surface area (Å²) in [5.74, 6) is -2.79. The minimum absolute atomic E-state index is 0.0700. The van der Waals surface area contributed by atoms with Crippen LogP contribution in [0.3, 0.4) is 0 Å².